The average molecular weight is 450 g/mol. The van der Waals surface area contributed by atoms with Crippen molar-refractivity contribution in [2.75, 3.05) is 17.2 Å². The smallest absolute Gasteiger partial charge is 0.264 e. The number of amides is 2. The van der Waals surface area contributed by atoms with Crippen LogP contribution in [-0.2, 0) is 16.0 Å². The van der Waals surface area contributed by atoms with Gasteiger partial charge >= 0.3 is 0 Å². The molecule has 0 saturated carbocycles. The largest absolute Gasteiger partial charge is 0.484 e. The lowest BCUT2D eigenvalue weighted by Gasteiger charge is -2.06. The summed E-state index contributed by atoms with van der Waals surface area (Å²) in [6.45, 7) is 3.48. The van der Waals surface area contributed by atoms with Gasteiger partial charge in [0.2, 0.25) is 10.9 Å². The second kappa shape index (κ2) is 9.61. The van der Waals surface area contributed by atoms with Crippen LogP contribution in [0.2, 0.25) is 0 Å². The highest BCUT2D eigenvalue weighted by molar-refractivity contribution is 7.15. The average Bonchev–Trinajstić information content (AvgIpc) is 3.34. The Balaban J connectivity index is 1.39. The molecular weight excluding hydrogens is 426 g/mol. The van der Waals surface area contributed by atoms with Gasteiger partial charge in [-0.3, -0.25) is 14.9 Å². The first-order valence-electron chi connectivity index (χ1n) is 10.3. The molecule has 0 radical (unpaired) electrons. The van der Waals surface area contributed by atoms with Gasteiger partial charge in [0.25, 0.3) is 11.9 Å². The summed E-state index contributed by atoms with van der Waals surface area (Å²) < 4.78 is 7.24. The van der Waals surface area contributed by atoms with Crippen molar-refractivity contribution < 1.29 is 14.3 Å². The van der Waals surface area contributed by atoms with Crippen LogP contribution in [0.1, 0.15) is 25.8 Å². The summed E-state index contributed by atoms with van der Waals surface area (Å²) in [5.74, 6) is 0.413. The molecule has 2 N–H and O–H groups in total. The van der Waals surface area contributed by atoms with E-state index in [-0.39, 0.29) is 24.4 Å². The first-order valence-corrected chi connectivity index (χ1v) is 11.1. The van der Waals surface area contributed by atoms with E-state index < -0.39 is 0 Å². The second-order valence-electron chi connectivity index (χ2n) is 7.24. The van der Waals surface area contributed by atoms with Gasteiger partial charge in [0.15, 0.2) is 6.61 Å². The van der Waals surface area contributed by atoms with Crippen molar-refractivity contribution in [1.29, 1.82) is 0 Å². The molecule has 0 aliphatic heterocycles. The van der Waals surface area contributed by atoms with Crippen molar-refractivity contribution in [2.45, 2.75) is 26.7 Å². The summed E-state index contributed by atoms with van der Waals surface area (Å²) in [5.41, 5.74) is 3.73. The molecule has 164 valence electrons. The minimum absolute atomic E-state index is 0.121. The molecule has 2 heterocycles. The zero-order valence-corrected chi connectivity index (χ0v) is 18.6. The predicted molar refractivity (Wildman–Crippen MR) is 125 cm³/mol. The maximum atomic E-state index is 12.3. The number of fused-ring (bicyclic) bond motifs is 1. The van der Waals surface area contributed by atoms with Crippen LogP contribution in [0.15, 0.2) is 53.9 Å². The SMILES string of the molecule is CCCc1ccc(OCC(=O)Nc2nc3scc(-c4ccc(NC(C)=O)cc4)n3n2)cc1. The molecule has 0 unspecified atom stereocenters. The number of nitrogens with zero attached hydrogens (tertiary/aromatic N) is 3. The van der Waals surface area contributed by atoms with E-state index in [1.807, 2.05) is 53.9 Å². The van der Waals surface area contributed by atoms with Crippen LogP contribution < -0.4 is 15.4 Å². The van der Waals surface area contributed by atoms with Crippen molar-refractivity contribution in [1.82, 2.24) is 14.6 Å². The number of aryl methyl sites for hydroxylation is 1. The monoisotopic (exact) mass is 449 g/mol. The van der Waals surface area contributed by atoms with Crippen LogP contribution in [0.25, 0.3) is 16.2 Å². The lowest BCUT2D eigenvalue weighted by Crippen LogP contribution is -2.21. The molecule has 9 heteroatoms. The van der Waals surface area contributed by atoms with Crippen LogP contribution in [0.4, 0.5) is 11.6 Å². The number of hydrogen-bond donors (Lipinski definition) is 2. The number of hydrogen-bond acceptors (Lipinski definition) is 6. The van der Waals surface area contributed by atoms with Crippen LogP contribution in [0.5, 0.6) is 5.75 Å². The molecule has 0 bridgehead atoms. The molecule has 0 fully saturated rings. The van der Waals surface area contributed by atoms with E-state index in [1.54, 1.807) is 4.52 Å². The fourth-order valence-corrected chi connectivity index (χ4v) is 4.04. The van der Waals surface area contributed by atoms with Crippen molar-refractivity contribution in [3.8, 4) is 17.0 Å². The van der Waals surface area contributed by atoms with E-state index in [0.717, 1.165) is 29.8 Å². The summed E-state index contributed by atoms with van der Waals surface area (Å²) in [6, 6.07) is 15.2. The molecule has 2 amide bonds. The Bertz CT molecular complexity index is 1230. The van der Waals surface area contributed by atoms with E-state index in [2.05, 4.69) is 27.6 Å². The van der Waals surface area contributed by atoms with Crippen molar-refractivity contribution in [2.24, 2.45) is 0 Å². The molecule has 0 aliphatic rings. The number of carbonyl (C=O) groups excluding carboxylic acids is 2. The third kappa shape index (κ3) is 5.12. The van der Waals surface area contributed by atoms with Gasteiger partial charge in [0.05, 0.1) is 5.69 Å². The first-order chi connectivity index (χ1) is 15.5. The summed E-state index contributed by atoms with van der Waals surface area (Å²) >= 11 is 1.42. The van der Waals surface area contributed by atoms with Gasteiger partial charge in [-0.25, -0.2) is 4.52 Å². The number of ether oxygens (including phenoxy) is 1. The van der Waals surface area contributed by atoms with Gasteiger partial charge < -0.3 is 10.1 Å². The maximum absolute atomic E-state index is 12.3. The van der Waals surface area contributed by atoms with E-state index in [9.17, 15) is 9.59 Å². The van der Waals surface area contributed by atoms with E-state index in [4.69, 9.17) is 4.74 Å². The number of anilines is 2. The molecule has 4 rings (SSSR count). The summed E-state index contributed by atoms with van der Waals surface area (Å²) in [4.78, 5) is 28.5. The van der Waals surface area contributed by atoms with Gasteiger partial charge in [-0.2, -0.15) is 4.98 Å². The van der Waals surface area contributed by atoms with Crippen LogP contribution in [0, 0.1) is 0 Å². The van der Waals surface area contributed by atoms with Gasteiger partial charge in [-0.1, -0.05) is 37.6 Å². The molecule has 0 spiro atoms. The summed E-state index contributed by atoms with van der Waals surface area (Å²) in [5, 5.41) is 11.8. The normalized spacial score (nSPS) is 10.8. The van der Waals surface area contributed by atoms with Gasteiger partial charge in [-0.15, -0.1) is 16.4 Å². The number of rotatable bonds is 8. The highest BCUT2D eigenvalue weighted by Crippen LogP contribution is 2.27. The first kappa shape index (κ1) is 21.5. The standard InChI is InChI=1S/C23H23N5O3S/c1-3-4-16-5-11-19(12-6-16)31-13-21(30)25-22-26-23-28(27-22)20(14-32-23)17-7-9-18(10-8-17)24-15(2)29/h5-12,14H,3-4,13H2,1-2H3,(H,24,29)(H,25,27,30). The Kier molecular flexibility index (Phi) is 6.46. The number of carbonyl (C=O) groups is 2. The number of aromatic nitrogens is 3. The highest BCUT2D eigenvalue weighted by atomic mass is 32.1. The van der Waals surface area contributed by atoms with Crippen molar-refractivity contribution >= 4 is 39.7 Å². The Morgan fingerprint density at radius 2 is 1.81 bits per heavy atom. The highest BCUT2D eigenvalue weighted by Gasteiger charge is 2.14. The number of thiazole rings is 1. The molecule has 0 saturated heterocycles. The van der Waals surface area contributed by atoms with Crippen molar-refractivity contribution in [3.05, 3.63) is 59.5 Å². The topological polar surface area (TPSA) is 97.6 Å². The molecular formula is C23H23N5O3S. The van der Waals surface area contributed by atoms with E-state index >= 15 is 0 Å². The number of nitrogens with one attached hydrogen (secondary N) is 2. The lowest BCUT2D eigenvalue weighted by atomic mass is 10.1. The minimum Gasteiger partial charge on any atom is -0.484 e. The van der Waals surface area contributed by atoms with E-state index in [0.29, 0.717) is 10.7 Å². The fourth-order valence-electron chi connectivity index (χ4n) is 3.21. The Labute approximate surface area is 189 Å². The molecule has 0 atom stereocenters. The zero-order valence-electron chi connectivity index (χ0n) is 17.8. The lowest BCUT2D eigenvalue weighted by molar-refractivity contribution is -0.118. The molecule has 2 aromatic heterocycles. The third-order valence-electron chi connectivity index (χ3n) is 4.67. The van der Waals surface area contributed by atoms with Crippen LogP contribution >= 0.6 is 11.3 Å². The zero-order chi connectivity index (χ0) is 22.5. The Morgan fingerprint density at radius 1 is 1.06 bits per heavy atom. The van der Waals surface area contributed by atoms with E-state index in [1.165, 1.54) is 23.8 Å². The summed E-state index contributed by atoms with van der Waals surface area (Å²) in [7, 11) is 0. The Hall–Kier alpha value is -3.72. The van der Waals surface area contributed by atoms with Gasteiger partial charge in [0.1, 0.15) is 5.75 Å². The second-order valence-corrected chi connectivity index (χ2v) is 8.08. The predicted octanol–water partition coefficient (Wildman–Crippen LogP) is 4.39. The number of benzene rings is 2. The molecule has 4 aromatic rings. The Morgan fingerprint density at radius 3 is 2.50 bits per heavy atom. The molecule has 8 nitrogen and oxygen atoms in total. The summed E-state index contributed by atoms with van der Waals surface area (Å²) in [6.07, 6.45) is 2.10. The van der Waals surface area contributed by atoms with Crippen LogP contribution in [-0.4, -0.2) is 33.0 Å². The molecule has 2 aromatic carbocycles. The molecule has 0 aliphatic carbocycles. The molecule has 32 heavy (non-hydrogen) atoms. The van der Waals surface area contributed by atoms with Gasteiger partial charge in [-0.05, 0) is 36.2 Å². The fraction of sp³-hybridized carbons (Fsp3) is 0.217. The van der Waals surface area contributed by atoms with Gasteiger partial charge in [0, 0.05) is 23.6 Å². The third-order valence-corrected chi connectivity index (χ3v) is 5.48. The van der Waals surface area contributed by atoms with Crippen molar-refractivity contribution in [3.63, 3.8) is 0 Å². The quantitative estimate of drug-likeness (QED) is 0.416. The van der Waals surface area contributed by atoms with Crippen LogP contribution in [0.3, 0.4) is 0 Å². The minimum atomic E-state index is -0.331. The maximum Gasteiger partial charge on any atom is 0.264 e.